The van der Waals surface area contributed by atoms with Crippen molar-refractivity contribution in [2.24, 2.45) is 0 Å². The van der Waals surface area contributed by atoms with Crippen molar-refractivity contribution in [1.29, 1.82) is 0 Å². The normalized spacial score (nSPS) is 14.0. The van der Waals surface area contributed by atoms with E-state index in [-0.39, 0.29) is 5.56 Å². The Morgan fingerprint density at radius 1 is 1.11 bits per heavy atom. The molecule has 138 valence electrons. The van der Waals surface area contributed by atoms with Crippen molar-refractivity contribution >= 4 is 17.5 Å². The largest absolute Gasteiger partial charge is 0.352 e. The van der Waals surface area contributed by atoms with E-state index in [4.69, 9.17) is 11.6 Å². The molecular weight excluding hydrogens is 360 g/mol. The fraction of sp³-hybridized carbons (Fsp3) is 0.238. The van der Waals surface area contributed by atoms with E-state index < -0.39 is 0 Å². The highest BCUT2D eigenvalue weighted by Gasteiger charge is 2.21. The summed E-state index contributed by atoms with van der Waals surface area (Å²) in [6.07, 6.45) is 0.754. The summed E-state index contributed by atoms with van der Waals surface area (Å²) in [7, 11) is 0. The summed E-state index contributed by atoms with van der Waals surface area (Å²) in [5.41, 5.74) is 3.78. The lowest BCUT2D eigenvalue weighted by Crippen LogP contribution is -2.35. The summed E-state index contributed by atoms with van der Waals surface area (Å²) in [4.78, 5) is 22.3. The molecule has 0 aliphatic carbocycles. The van der Waals surface area contributed by atoms with E-state index in [1.165, 1.54) is 0 Å². The Hall–Kier alpha value is -2.63. The second-order valence-electron chi connectivity index (χ2n) is 6.73. The Bertz CT molecular complexity index is 987. The molecule has 0 bridgehead atoms. The number of hydrogen-bond donors (Lipinski definition) is 2. The van der Waals surface area contributed by atoms with Gasteiger partial charge in [0.15, 0.2) is 0 Å². The van der Waals surface area contributed by atoms with Gasteiger partial charge in [0.05, 0.1) is 11.3 Å². The standard InChI is InChI=1S/C21H21ClN4O/c22-18-9-5-4-8-16(18)13-26-11-10-19-17(14-26)20(27)25-21(24-19)23-12-15-6-2-1-3-7-15/h1-9H,10-14H2,(H2,23,24,25,27). The van der Waals surface area contributed by atoms with E-state index in [0.717, 1.165) is 46.9 Å². The minimum atomic E-state index is -0.0700. The summed E-state index contributed by atoms with van der Waals surface area (Å²) in [6.45, 7) is 2.79. The van der Waals surface area contributed by atoms with Crippen molar-refractivity contribution < 1.29 is 0 Å². The van der Waals surface area contributed by atoms with Crippen molar-refractivity contribution in [1.82, 2.24) is 14.9 Å². The zero-order valence-corrected chi connectivity index (χ0v) is 15.7. The van der Waals surface area contributed by atoms with Crippen LogP contribution in [0, 0.1) is 0 Å². The maximum absolute atomic E-state index is 12.6. The second-order valence-corrected chi connectivity index (χ2v) is 7.14. The van der Waals surface area contributed by atoms with Gasteiger partial charge in [-0.3, -0.25) is 14.7 Å². The van der Waals surface area contributed by atoms with Gasteiger partial charge in [-0.15, -0.1) is 0 Å². The Labute approximate surface area is 163 Å². The van der Waals surface area contributed by atoms with E-state index in [1.807, 2.05) is 54.6 Å². The number of anilines is 1. The van der Waals surface area contributed by atoms with Crippen LogP contribution in [-0.2, 0) is 26.1 Å². The van der Waals surface area contributed by atoms with Crippen molar-refractivity contribution in [3.05, 3.63) is 92.4 Å². The fourth-order valence-corrected chi connectivity index (χ4v) is 3.54. The van der Waals surface area contributed by atoms with Gasteiger partial charge >= 0.3 is 0 Å². The third-order valence-electron chi connectivity index (χ3n) is 4.80. The summed E-state index contributed by atoms with van der Waals surface area (Å²) in [5.74, 6) is 0.530. The molecule has 1 aromatic heterocycles. The average Bonchev–Trinajstić information content (AvgIpc) is 2.69. The number of nitrogens with zero attached hydrogens (tertiary/aromatic N) is 2. The van der Waals surface area contributed by atoms with E-state index >= 15 is 0 Å². The molecule has 6 heteroatoms. The van der Waals surface area contributed by atoms with Crippen LogP contribution in [-0.4, -0.2) is 21.4 Å². The first-order valence-electron chi connectivity index (χ1n) is 9.04. The molecule has 0 fully saturated rings. The molecule has 2 heterocycles. The van der Waals surface area contributed by atoms with Crippen LogP contribution in [0.3, 0.4) is 0 Å². The van der Waals surface area contributed by atoms with Crippen LogP contribution >= 0.6 is 11.6 Å². The zero-order valence-electron chi connectivity index (χ0n) is 14.9. The predicted octanol–water partition coefficient (Wildman–Crippen LogP) is 3.59. The third-order valence-corrected chi connectivity index (χ3v) is 5.17. The molecule has 0 radical (unpaired) electrons. The van der Waals surface area contributed by atoms with Gasteiger partial charge in [-0.1, -0.05) is 60.1 Å². The molecule has 4 rings (SSSR count). The van der Waals surface area contributed by atoms with Crippen LogP contribution in [0.2, 0.25) is 5.02 Å². The number of halogens is 1. The second kappa shape index (κ2) is 7.94. The van der Waals surface area contributed by atoms with Crippen molar-refractivity contribution in [3.63, 3.8) is 0 Å². The number of nitrogens with one attached hydrogen (secondary N) is 2. The highest BCUT2D eigenvalue weighted by atomic mass is 35.5. The highest BCUT2D eigenvalue weighted by Crippen LogP contribution is 2.21. The summed E-state index contributed by atoms with van der Waals surface area (Å²) in [5, 5.41) is 3.97. The van der Waals surface area contributed by atoms with E-state index in [9.17, 15) is 4.79 Å². The molecule has 5 nitrogen and oxygen atoms in total. The SMILES string of the molecule is O=c1[nH]c(NCc2ccccc2)nc2c1CN(Cc1ccccc1Cl)CC2. The Kier molecular flexibility index (Phi) is 5.23. The zero-order chi connectivity index (χ0) is 18.6. The van der Waals surface area contributed by atoms with Gasteiger partial charge in [-0.25, -0.2) is 4.98 Å². The van der Waals surface area contributed by atoms with Gasteiger partial charge in [-0.2, -0.15) is 0 Å². The summed E-state index contributed by atoms with van der Waals surface area (Å²) in [6, 6.07) is 17.9. The van der Waals surface area contributed by atoms with Crippen LogP contribution in [0.25, 0.3) is 0 Å². The molecule has 1 aliphatic rings. The highest BCUT2D eigenvalue weighted by molar-refractivity contribution is 6.31. The fourth-order valence-electron chi connectivity index (χ4n) is 3.35. The topological polar surface area (TPSA) is 61.0 Å². The van der Waals surface area contributed by atoms with Gasteiger partial charge < -0.3 is 5.32 Å². The first kappa shape index (κ1) is 17.8. The maximum Gasteiger partial charge on any atom is 0.257 e. The number of hydrogen-bond acceptors (Lipinski definition) is 4. The molecule has 2 aromatic carbocycles. The molecular formula is C21H21ClN4O. The van der Waals surface area contributed by atoms with Gasteiger partial charge in [0, 0.05) is 37.6 Å². The van der Waals surface area contributed by atoms with Crippen LogP contribution in [0.15, 0.2) is 59.4 Å². The Balaban J connectivity index is 1.46. The lowest BCUT2D eigenvalue weighted by atomic mass is 10.1. The molecule has 3 aromatic rings. The Morgan fingerprint density at radius 2 is 1.89 bits per heavy atom. The molecule has 2 N–H and O–H groups in total. The molecule has 27 heavy (non-hydrogen) atoms. The summed E-state index contributed by atoms with van der Waals surface area (Å²) >= 11 is 6.27. The summed E-state index contributed by atoms with van der Waals surface area (Å²) < 4.78 is 0. The quantitative estimate of drug-likeness (QED) is 0.710. The number of aromatic nitrogens is 2. The van der Waals surface area contributed by atoms with Crippen LogP contribution < -0.4 is 10.9 Å². The number of fused-ring (bicyclic) bond motifs is 1. The third kappa shape index (κ3) is 4.21. The van der Waals surface area contributed by atoms with E-state index in [0.29, 0.717) is 19.0 Å². The lowest BCUT2D eigenvalue weighted by Gasteiger charge is -2.28. The molecule has 0 spiro atoms. The number of aromatic amines is 1. The van der Waals surface area contributed by atoms with Crippen molar-refractivity contribution in [3.8, 4) is 0 Å². The minimum absolute atomic E-state index is 0.0700. The number of H-pyrrole nitrogens is 1. The smallest absolute Gasteiger partial charge is 0.257 e. The number of rotatable bonds is 5. The van der Waals surface area contributed by atoms with Gasteiger partial charge in [0.25, 0.3) is 5.56 Å². The molecule has 0 saturated heterocycles. The van der Waals surface area contributed by atoms with E-state index in [2.05, 4.69) is 20.2 Å². The average molecular weight is 381 g/mol. The van der Waals surface area contributed by atoms with Crippen LogP contribution in [0.4, 0.5) is 5.95 Å². The number of benzene rings is 2. The van der Waals surface area contributed by atoms with Gasteiger partial charge in [0.1, 0.15) is 0 Å². The maximum atomic E-state index is 12.6. The molecule has 0 atom stereocenters. The van der Waals surface area contributed by atoms with Crippen molar-refractivity contribution in [2.75, 3.05) is 11.9 Å². The minimum Gasteiger partial charge on any atom is -0.352 e. The first-order valence-corrected chi connectivity index (χ1v) is 9.42. The van der Waals surface area contributed by atoms with Crippen molar-refractivity contribution in [2.45, 2.75) is 26.1 Å². The molecule has 0 amide bonds. The molecule has 0 unspecified atom stereocenters. The Morgan fingerprint density at radius 3 is 2.70 bits per heavy atom. The first-order chi connectivity index (χ1) is 13.2. The van der Waals surface area contributed by atoms with Crippen LogP contribution in [0.5, 0.6) is 0 Å². The molecule has 1 aliphatic heterocycles. The van der Waals surface area contributed by atoms with Crippen LogP contribution in [0.1, 0.15) is 22.4 Å². The van der Waals surface area contributed by atoms with Gasteiger partial charge in [-0.05, 0) is 17.2 Å². The lowest BCUT2D eigenvalue weighted by molar-refractivity contribution is 0.242. The molecule has 0 saturated carbocycles. The predicted molar refractivity (Wildman–Crippen MR) is 108 cm³/mol. The van der Waals surface area contributed by atoms with E-state index in [1.54, 1.807) is 0 Å². The van der Waals surface area contributed by atoms with Gasteiger partial charge in [0.2, 0.25) is 5.95 Å². The monoisotopic (exact) mass is 380 g/mol.